The summed E-state index contributed by atoms with van der Waals surface area (Å²) in [6, 6.07) is 7.60. The first-order valence-electron chi connectivity index (χ1n) is 11.6. The molecular weight excluding hydrogens is 426 g/mol. The third-order valence-corrected chi connectivity index (χ3v) is 6.43. The molecule has 0 saturated carbocycles. The minimum Gasteiger partial charge on any atom is -0.371 e. The molecule has 0 bridgehead atoms. The number of benzene rings is 2. The van der Waals surface area contributed by atoms with Gasteiger partial charge in [0.05, 0.1) is 11.3 Å². The van der Waals surface area contributed by atoms with Gasteiger partial charge in [0.25, 0.3) is 5.91 Å². The number of nitrogens with one attached hydrogen (secondary N) is 2. The second-order valence-corrected chi connectivity index (χ2v) is 8.96. The molecule has 2 heterocycles. The Balaban J connectivity index is 1.55. The van der Waals surface area contributed by atoms with Crippen LogP contribution in [0.3, 0.4) is 0 Å². The fourth-order valence-corrected chi connectivity index (χ4v) is 4.45. The first-order valence-corrected chi connectivity index (χ1v) is 11.6. The Hall–Kier alpha value is -3.16. The van der Waals surface area contributed by atoms with Crippen molar-refractivity contribution in [2.75, 3.05) is 41.7 Å². The van der Waals surface area contributed by atoms with Gasteiger partial charge in [-0.25, -0.2) is 13.6 Å². The van der Waals surface area contributed by atoms with Crippen molar-refractivity contribution in [1.29, 1.82) is 0 Å². The van der Waals surface area contributed by atoms with Crippen LogP contribution in [0, 0.1) is 17.6 Å². The number of hydrogen-bond acceptors (Lipinski definition) is 3. The maximum Gasteiger partial charge on any atom is 0.323 e. The maximum atomic E-state index is 13.9. The Morgan fingerprint density at radius 3 is 2.33 bits per heavy atom. The minimum atomic E-state index is -0.860. The number of anilines is 3. The van der Waals surface area contributed by atoms with Crippen LogP contribution in [0.1, 0.15) is 49.4 Å². The number of carbonyl (C=O) groups excluding carboxylic acids is 2. The van der Waals surface area contributed by atoms with Crippen LogP contribution in [0.25, 0.3) is 0 Å². The van der Waals surface area contributed by atoms with Crippen molar-refractivity contribution >= 4 is 29.0 Å². The molecule has 2 aromatic rings. The second-order valence-electron chi connectivity index (χ2n) is 8.96. The number of amides is 3. The van der Waals surface area contributed by atoms with E-state index in [1.807, 2.05) is 11.0 Å². The quantitative estimate of drug-likeness (QED) is 0.641. The smallest absolute Gasteiger partial charge is 0.323 e. The number of likely N-dealkylation sites (tertiary alicyclic amines) is 1. The van der Waals surface area contributed by atoms with Gasteiger partial charge in [0.2, 0.25) is 0 Å². The Morgan fingerprint density at radius 2 is 1.64 bits per heavy atom. The summed E-state index contributed by atoms with van der Waals surface area (Å²) in [4.78, 5) is 30.0. The van der Waals surface area contributed by atoms with Gasteiger partial charge >= 0.3 is 6.03 Å². The van der Waals surface area contributed by atoms with E-state index in [0.29, 0.717) is 23.2 Å². The molecule has 0 radical (unpaired) electrons. The summed E-state index contributed by atoms with van der Waals surface area (Å²) in [5.41, 5.74) is 1.76. The highest BCUT2D eigenvalue weighted by Gasteiger charge is 2.26. The lowest BCUT2D eigenvalue weighted by molar-refractivity contribution is 0.0697. The van der Waals surface area contributed by atoms with E-state index in [2.05, 4.69) is 22.5 Å². The van der Waals surface area contributed by atoms with E-state index < -0.39 is 17.7 Å². The van der Waals surface area contributed by atoms with Crippen LogP contribution in [-0.4, -0.2) is 43.0 Å². The third-order valence-electron chi connectivity index (χ3n) is 6.43. The molecule has 8 heteroatoms. The number of nitrogens with zero attached hydrogens (tertiary/aromatic N) is 2. The normalized spacial score (nSPS) is 17.1. The summed E-state index contributed by atoms with van der Waals surface area (Å²) < 4.78 is 27.0. The molecule has 0 unspecified atom stereocenters. The molecule has 0 aliphatic carbocycles. The van der Waals surface area contributed by atoms with Crippen LogP contribution >= 0.6 is 0 Å². The standard InChI is InChI=1S/C25H30F2N4O2/c1-17-9-13-31(14-10-17)24(32)20-16-19(6-8-23(20)30-11-3-2-4-12-30)28-25(33)29-22-7-5-18(26)15-21(22)27/h5-8,15-17H,2-4,9-14H2,1H3,(H2,28,29,33). The summed E-state index contributed by atoms with van der Waals surface area (Å²) in [5.74, 6) is -1.00. The molecule has 2 N–H and O–H groups in total. The van der Waals surface area contributed by atoms with Crippen LogP contribution in [0.4, 0.5) is 30.6 Å². The van der Waals surface area contributed by atoms with Gasteiger partial charge in [0, 0.05) is 43.6 Å². The van der Waals surface area contributed by atoms with Gasteiger partial charge in [0.1, 0.15) is 11.6 Å². The van der Waals surface area contributed by atoms with E-state index in [1.54, 1.807) is 12.1 Å². The molecule has 4 rings (SSSR count). The number of carbonyl (C=O) groups is 2. The van der Waals surface area contributed by atoms with E-state index in [9.17, 15) is 18.4 Å². The summed E-state index contributed by atoms with van der Waals surface area (Å²) in [7, 11) is 0. The lowest BCUT2D eigenvalue weighted by Gasteiger charge is -2.34. The van der Waals surface area contributed by atoms with E-state index in [0.717, 1.165) is 69.7 Å². The highest BCUT2D eigenvalue weighted by atomic mass is 19.1. The van der Waals surface area contributed by atoms with Gasteiger partial charge < -0.3 is 20.4 Å². The Morgan fingerprint density at radius 1 is 0.909 bits per heavy atom. The Bertz CT molecular complexity index is 1020. The van der Waals surface area contributed by atoms with Crippen LogP contribution < -0.4 is 15.5 Å². The zero-order chi connectivity index (χ0) is 23.4. The number of halogens is 2. The monoisotopic (exact) mass is 456 g/mol. The largest absolute Gasteiger partial charge is 0.371 e. The van der Waals surface area contributed by atoms with Gasteiger partial charge in [-0.2, -0.15) is 0 Å². The summed E-state index contributed by atoms with van der Waals surface area (Å²) in [6.45, 7) is 5.44. The van der Waals surface area contributed by atoms with E-state index in [-0.39, 0.29) is 11.6 Å². The van der Waals surface area contributed by atoms with Crippen molar-refractivity contribution in [3.8, 4) is 0 Å². The molecule has 0 aromatic heterocycles. The molecule has 0 spiro atoms. The van der Waals surface area contributed by atoms with Gasteiger partial charge in [0.15, 0.2) is 0 Å². The van der Waals surface area contributed by atoms with Crippen LogP contribution in [0.2, 0.25) is 0 Å². The average molecular weight is 457 g/mol. The van der Waals surface area contributed by atoms with Crippen molar-refractivity contribution in [3.05, 3.63) is 53.6 Å². The molecule has 33 heavy (non-hydrogen) atoms. The van der Waals surface area contributed by atoms with Crippen LogP contribution in [-0.2, 0) is 0 Å². The molecule has 3 amide bonds. The first-order chi connectivity index (χ1) is 15.9. The van der Waals surface area contributed by atoms with Crippen LogP contribution in [0.15, 0.2) is 36.4 Å². The zero-order valence-corrected chi connectivity index (χ0v) is 18.9. The topological polar surface area (TPSA) is 64.7 Å². The third kappa shape index (κ3) is 5.61. The van der Waals surface area contributed by atoms with Gasteiger partial charge in [-0.3, -0.25) is 4.79 Å². The van der Waals surface area contributed by atoms with Gasteiger partial charge in [-0.05, 0) is 68.4 Å². The van der Waals surface area contributed by atoms with Crippen molar-refractivity contribution in [2.45, 2.75) is 39.0 Å². The van der Waals surface area contributed by atoms with E-state index >= 15 is 0 Å². The maximum absolute atomic E-state index is 13.9. The molecule has 2 aromatic carbocycles. The van der Waals surface area contributed by atoms with E-state index in [4.69, 9.17) is 0 Å². The summed E-state index contributed by atoms with van der Waals surface area (Å²) in [5, 5.41) is 5.05. The predicted molar refractivity (Wildman–Crippen MR) is 126 cm³/mol. The molecule has 2 aliphatic rings. The molecular formula is C25H30F2N4O2. The SMILES string of the molecule is CC1CCN(C(=O)c2cc(NC(=O)Nc3ccc(F)cc3F)ccc2N2CCCCC2)CC1. The van der Waals surface area contributed by atoms with Crippen molar-refractivity contribution < 1.29 is 18.4 Å². The fourth-order valence-electron chi connectivity index (χ4n) is 4.45. The highest BCUT2D eigenvalue weighted by molar-refractivity contribution is 6.04. The Labute approximate surface area is 192 Å². The summed E-state index contributed by atoms with van der Waals surface area (Å²) >= 11 is 0. The minimum absolute atomic E-state index is 0.0314. The average Bonchev–Trinajstić information content (AvgIpc) is 2.81. The van der Waals surface area contributed by atoms with Gasteiger partial charge in [-0.15, -0.1) is 0 Å². The number of rotatable bonds is 4. The summed E-state index contributed by atoms with van der Waals surface area (Å²) in [6.07, 6.45) is 5.31. The number of urea groups is 1. The molecule has 176 valence electrons. The lowest BCUT2D eigenvalue weighted by atomic mass is 9.98. The number of hydrogen-bond donors (Lipinski definition) is 2. The first kappa shape index (κ1) is 23.0. The molecule has 2 aliphatic heterocycles. The fraction of sp³-hybridized carbons (Fsp3) is 0.440. The van der Waals surface area contributed by atoms with Crippen molar-refractivity contribution in [3.63, 3.8) is 0 Å². The van der Waals surface area contributed by atoms with E-state index in [1.165, 1.54) is 6.42 Å². The molecule has 2 fully saturated rings. The Kier molecular flexibility index (Phi) is 7.11. The molecule has 2 saturated heterocycles. The van der Waals surface area contributed by atoms with Gasteiger partial charge in [-0.1, -0.05) is 6.92 Å². The molecule has 6 nitrogen and oxygen atoms in total. The van der Waals surface area contributed by atoms with Crippen molar-refractivity contribution in [1.82, 2.24) is 4.90 Å². The van der Waals surface area contributed by atoms with Crippen LogP contribution in [0.5, 0.6) is 0 Å². The predicted octanol–water partition coefficient (Wildman–Crippen LogP) is 5.47. The number of piperidine rings is 2. The second kappa shape index (κ2) is 10.2. The highest BCUT2D eigenvalue weighted by Crippen LogP contribution is 2.30. The molecule has 0 atom stereocenters. The lowest BCUT2D eigenvalue weighted by Crippen LogP contribution is -2.39. The zero-order valence-electron chi connectivity index (χ0n) is 18.9. The van der Waals surface area contributed by atoms with Crippen molar-refractivity contribution in [2.24, 2.45) is 5.92 Å².